The first-order valence-corrected chi connectivity index (χ1v) is 5.63. The van der Waals surface area contributed by atoms with Gasteiger partial charge in [-0.2, -0.15) is 0 Å². The van der Waals surface area contributed by atoms with E-state index >= 15 is 0 Å². The van der Waals surface area contributed by atoms with Crippen LogP contribution in [0.3, 0.4) is 0 Å². The molecule has 0 bridgehead atoms. The van der Waals surface area contributed by atoms with Gasteiger partial charge in [0.1, 0.15) is 6.04 Å². The summed E-state index contributed by atoms with van der Waals surface area (Å²) in [4.78, 5) is 28.4. The summed E-state index contributed by atoms with van der Waals surface area (Å²) < 4.78 is 4.49. The number of nitrogens with two attached hydrogens (primary N) is 1. The normalized spacial score (nSPS) is 12.1. The molecule has 1 rings (SSSR count). The molecular formula is C9H13N3O3S. The molecule has 88 valence electrons. The summed E-state index contributed by atoms with van der Waals surface area (Å²) in [7, 11) is 1.30. The predicted molar refractivity (Wildman–Crippen MR) is 60.2 cm³/mol. The van der Waals surface area contributed by atoms with Gasteiger partial charge >= 0.3 is 5.97 Å². The van der Waals surface area contributed by atoms with Crippen LogP contribution in [0.15, 0.2) is 22.2 Å². The molecule has 3 N–H and O–H groups in total. The van der Waals surface area contributed by atoms with Gasteiger partial charge in [0.2, 0.25) is 0 Å². The van der Waals surface area contributed by atoms with Crippen LogP contribution >= 0.6 is 11.8 Å². The highest BCUT2D eigenvalue weighted by atomic mass is 32.2. The number of esters is 1. The summed E-state index contributed by atoms with van der Waals surface area (Å²) in [6, 6.07) is 0.706. The summed E-state index contributed by atoms with van der Waals surface area (Å²) in [5.41, 5.74) is 5.34. The molecule has 1 aromatic heterocycles. The molecule has 7 heteroatoms. The lowest BCUT2D eigenvalue weighted by molar-refractivity contribution is -0.142. The average Bonchev–Trinajstić information content (AvgIpc) is 2.28. The van der Waals surface area contributed by atoms with Gasteiger partial charge in [0.05, 0.1) is 7.11 Å². The van der Waals surface area contributed by atoms with Crippen LogP contribution in [0, 0.1) is 0 Å². The minimum atomic E-state index is -0.632. The maximum atomic E-state index is 11.0. The lowest BCUT2D eigenvalue weighted by Crippen LogP contribution is -2.32. The number of hydrogen-bond acceptors (Lipinski definition) is 6. The Labute approximate surface area is 96.6 Å². The third-order valence-corrected chi connectivity index (χ3v) is 2.74. The van der Waals surface area contributed by atoms with Crippen LogP contribution in [0.1, 0.15) is 6.42 Å². The summed E-state index contributed by atoms with van der Waals surface area (Å²) in [5, 5.41) is 0.518. The van der Waals surface area contributed by atoms with Crippen molar-refractivity contribution in [1.82, 2.24) is 9.97 Å². The second kappa shape index (κ2) is 6.29. The van der Waals surface area contributed by atoms with Gasteiger partial charge in [0.25, 0.3) is 5.56 Å². The molecule has 1 atom stereocenters. The Bertz CT molecular complexity index is 407. The molecule has 0 radical (unpaired) electrons. The molecule has 0 saturated heterocycles. The Kier molecular flexibility index (Phi) is 5.00. The van der Waals surface area contributed by atoms with Crippen molar-refractivity contribution in [2.45, 2.75) is 17.6 Å². The number of thioether (sulfide) groups is 1. The fraction of sp³-hybridized carbons (Fsp3) is 0.444. The Hall–Kier alpha value is -1.34. The van der Waals surface area contributed by atoms with Crippen LogP contribution in [0.4, 0.5) is 0 Å². The van der Waals surface area contributed by atoms with Crippen molar-refractivity contribution in [3.63, 3.8) is 0 Å². The van der Waals surface area contributed by atoms with Gasteiger partial charge in [-0.05, 0) is 6.42 Å². The number of nitrogens with one attached hydrogen (secondary N) is 1. The smallest absolute Gasteiger partial charge is 0.322 e. The molecule has 1 heterocycles. The maximum absolute atomic E-state index is 11.0. The van der Waals surface area contributed by atoms with Gasteiger partial charge < -0.3 is 15.5 Å². The van der Waals surface area contributed by atoms with E-state index in [1.807, 2.05) is 0 Å². The van der Waals surface area contributed by atoms with E-state index in [1.54, 1.807) is 0 Å². The summed E-state index contributed by atoms with van der Waals surface area (Å²) in [6.45, 7) is 0. The number of hydrogen-bond donors (Lipinski definition) is 2. The summed E-state index contributed by atoms with van der Waals surface area (Å²) in [6.07, 6.45) is 1.90. The highest BCUT2D eigenvalue weighted by Crippen LogP contribution is 2.12. The molecular weight excluding hydrogens is 230 g/mol. The Morgan fingerprint density at radius 2 is 2.50 bits per heavy atom. The van der Waals surface area contributed by atoms with Crippen LogP contribution in [0.5, 0.6) is 0 Å². The minimum absolute atomic E-state index is 0.199. The predicted octanol–water partition coefficient (Wildman–Crippen LogP) is -0.248. The van der Waals surface area contributed by atoms with Crippen LogP contribution in [0.2, 0.25) is 0 Å². The summed E-state index contributed by atoms with van der Waals surface area (Å²) >= 11 is 1.34. The largest absolute Gasteiger partial charge is 0.468 e. The number of rotatable bonds is 5. The van der Waals surface area contributed by atoms with Gasteiger partial charge in [-0.15, -0.1) is 0 Å². The molecule has 0 aliphatic carbocycles. The number of ether oxygens (including phenoxy) is 1. The van der Waals surface area contributed by atoms with E-state index in [0.29, 0.717) is 17.3 Å². The molecule has 0 aromatic carbocycles. The van der Waals surface area contributed by atoms with Crippen molar-refractivity contribution in [3.05, 3.63) is 22.6 Å². The molecule has 0 spiro atoms. The quantitative estimate of drug-likeness (QED) is 0.420. The van der Waals surface area contributed by atoms with Crippen LogP contribution in [-0.4, -0.2) is 34.8 Å². The molecule has 16 heavy (non-hydrogen) atoms. The topological polar surface area (TPSA) is 98.1 Å². The number of nitrogens with zero attached hydrogens (tertiary/aromatic N) is 1. The molecule has 1 unspecified atom stereocenters. The van der Waals surface area contributed by atoms with E-state index in [9.17, 15) is 9.59 Å². The third kappa shape index (κ3) is 4.03. The van der Waals surface area contributed by atoms with Gasteiger partial charge in [-0.1, -0.05) is 11.8 Å². The second-order valence-electron chi connectivity index (χ2n) is 3.01. The molecule has 0 aliphatic rings. The van der Waals surface area contributed by atoms with Crippen LogP contribution in [0.25, 0.3) is 0 Å². The van der Waals surface area contributed by atoms with E-state index in [-0.39, 0.29) is 5.56 Å². The Balaban J connectivity index is 2.36. The molecule has 0 aliphatic heterocycles. The van der Waals surface area contributed by atoms with Gasteiger partial charge in [-0.3, -0.25) is 9.59 Å². The van der Waals surface area contributed by atoms with Crippen molar-refractivity contribution in [3.8, 4) is 0 Å². The maximum Gasteiger partial charge on any atom is 0.322 e. The fourth-order valence-electron chi connectivity index (χ4n) is 0.977. The lowest BCUT2D eigenvalue weighted by Gasteiger charge is -2.07. The monoisotopic (exact) mass is 243 g/mol. The Morgan fingerprint density at radius 3 is 3.12 bits per heavy atom. The van der Waals surface area contributed by atoms with Gasteiger partial charge in [0.15, 0.2) is 5.16 Å². The Morgan fingerprint density at radius 1 is 1.75 bits per heavy atom. The van der Waals surface area contributed by atoms with E-state index in [4.69, 9.17) is 5.73 Å². The summed E-state index contributed by atoms with van der Waals surface area (Å²) in [5.74, 6) is 0.151. The van der Waals surface area contributed by atoms with Crippen molar-refractivity contribution in [2.24, 2.45) is 5.73 Å². The van der Waals surface area contributed by atoms with E-state index < -0.39 is 12.0 Å². The molecule has 6 nitrogen and oxygen atoms in total. The highest BCUT2D eigenvalue weighted by molar-refractivity contribution is 7.99. The average molecular weight is 243 g/mol. The third-order valence-electron chi connectivity index (χ3n) is 1.82. The number of aromatic amines is 1. The zero-order valence-corrected chi connectivity index (χ0v) is 9.62. The molecule has 1 aromatic rings. The zero-order valence-electron chi connectivity index (χ0n) is 8.80. The van der Waals surface area contributed by atoms with Crippen LogP contribution in [-0.2, 0) is 9.53 Å². The van der Waals surface area contributed by atoms with Crippen molar-refractivity contribution in [2.75, 3.05) is 12.9 Å². The first-order valence-electron chi connectivity index (χ1n) is 4.65. The zero-order chi connectivity index (χ0) is 12.0. The number of carbonyl (C=O) groups is 1. The fourth-order valence-corrected chi connectivity index (χ4v) is 1.85. The SMILES string of the molecule is COC(=O)C(N)CCSc1nccc(=O)[nH]1. The molecule has 0 amide bonds. The van der Waals surface area contributed by atoms with E-state index in [0.717, 1.165) is 0 Å². The number of methoxy groups -OCH3 is 1. The molecule has 0 saturated carbocycles. The number of carbonyl (C=O) groups excluding carboxylic acids is 1. The number of aromatic nitrogens is 2. The van der Waals surface area contributed by atoms with Crippen molar-refractivity contribution >= 4 is 17.7 Å². The molecule has 0 fully saturated rings. The standard InChI is InChI=1S/C9H13N3O3S/c1-15-8(14)6(10)3-5-16-9-11-4-2-7(13)12-9/h2,4,6H,3,5,10H2,1H3,(H,11,12,13). The lowest BCUT2D eigenvalue weighted by atomic mass is 10.2. The van der Waals surface area contributed by atoms with E-state index in [1.165, 1.54) is 31.1 Å². The first-order chi connectivity index (χ1) is 7.63. The van der Waals surface area contributed by atoms with Crippen LogP contribution < -0.4 is 11.3 Å². The second-order valence-corrected chi connectivity index (χ2v) is 4.09. The minimum Gasteiger partial charge on any atom is -0.468 e. The highest BCUT2D eigenvalue weighted by Gasteiger charge is 2.13. The van der Waals surface area contributed by atoms with Gasteiger partial charge in [0, 0.05) is 18.0 Å². The number of H-pyrrole nitrogens is 1. The van der Waals surface area contributed by atoms with Crippen molar-refractivity contribution < 1.29 is 9.53 Å². The van der Waals surface area contributed by atoms with Gasteiger partial charge in [-0.25, -0.2) is 4.98 Å². The first kappa shape index (κ1) is 12.7. The van der Waals surface area contributed by atoms with Crippen molar-refractivity contribution in [1.29, 1.82) is 0 Å². The van der Waals surface area contributed by atoms with E-state index in [2.05, 4.69) is 14.7 Å².